The second-order valence-electron chi connectivity index (χ2n) is 8.62. The minimum Gasteiger partial charge on any atom is -0.494 e. The van der Waals surface area contributed by atoms with Gasteiger partial charge in [-0.3, -0.25) is 9.78 Å². The number of amides is 1. The van der Waals surface area contributed by atoms with E-state index in [0.717, 1.165) is 54.8 Å². The largest absolute Gasteiger partial charge is 0.494 e. The van der Waals surface area contributed by atoms with Gasteiger partial charge in [-0.2, -0.15) is 0 Å². The van der Waals surface area contributed by atoms with Gasteiger partial charge in [0.1, 0.15) is 17.3 Å². The van der Waals surface area contributed by atoms with Gasteiger partial charge in [0, 0.05) is 25.7 Å². The first kappa shape index (κ1) is 23.5. The zero-order valence-corrected chi connectivity index (χ0v) is 20.0. The Balaban J connectivity index is 1.29. The summed E-state index contributed by atoms with van der Waals surface area (Å²) in [5, 5.41) is 2.95. The number of carbonyl (C=O) groups excluding carboxylic acids is 1. The van der Waals surface area contributed by atoms with Gasteiger partial charge in [-0.1, -0.05) is 24.3 Å². The maximum absolute atomic E-state index is 12.2. The Morgan fingerprint density at radius 2 is 1.76 bits per heavy atom. The Morgan fingerprint density at radius 1 is 0.971 bits per heavy atom. The molecule has 0 bridgehead atoms. The number of nitrogens with zero attached hydrogens (tertiary/aromatic N) is 3. The van der Waals surface area contributed by atoms with Crippen molar-refractivity contribution in [1.29, 1.82) is 0 Å². The van der Waals surface area contributed by atoms with Crippen LogP contribution in [0.25, 0.3) is 11.0 Å². The van der Waals surface area contributed by atoms with Gasteiger partial charge in [-0.15, -0.1) is 0 Å². The van der Waals surface area contributed by atoms with Crippen LogP contribution in [0.4, 0.5) is 0 Å². The minimum absolute atomic E-state index is 0.141. The molecule has 176 valence electrons. The molecule has 4 rings (SSSR count). The van der Waals surface area contributed by atoms with Gasteiger partial charge in [0.05, 0.1) is 17.6 Å². The first-order valence-electron chi connectivity index (χ1n) is 11.9. The van der Waals surface area contributed by atoms with E-state index in [9.17, 15) is 4.79 Å². The predicted octanol–water partition coefficient (Wildman–Crippen LogP) is 5.27. The summed E-state index contributed by atoms with van der Waals surface area (Å²) in [5.74, 6) is 1.86. The highest BCUT2D eigenvalue weighted by atomic mass is 16.5. The fourth-order valence-electron chi connectivity index (χ4n) is 4.18. The zero-order valence-electron chi connectivity index (χ0n) is 20.0. The van der Waals surface area contributed by atoms with Crippen LogP contribution in [0.15, 0.2) is 66.9 Å². The molecule has 34 heavy (non-hydrogen) atoms. The van der Waals surface area contributed by atoms with Crippen LogP contribution in [0.2, 0.25) is 0 Å². The van der Waals surface area contributed by atoms with E-state index in [0.29, 0.717) is 18.8 Å². The van der Waals surface area contributed by atoms with E-state index in [1.165, 1.54) is 11.1 Å². The molecule has 4 aromatic rings. The van der Waals surface area contributed by atoms with Crippen LogP contribution in [-0.2, 0) is 13.0 Å². The van der Waals surface area contributed by atoms with Crippen molar-refractivity contribution < 1.29 is 9.53 Å². The van der Waals surface area contributed by atoms with E-state index in [1.54, 1.807) is 18.3 Å². The second kappa shape index (κ2) is 11.5. The molecule has 0 aliphatic rings. The average molecular weight is 457 g/mol. The number of fused-ring (bicyclic) bond motifs is 1. The minimum atomic E-state index is -0.141. The summed E-state index contributed by atoms with van der Waals surface area (Å²) in [6, 6.07) is 19.9. The van der Waals surface area contributed by atoms with E-state index < -0.39 is 0 Å². The SMILES string of the molecule is Cc1cc(C)cc(OCCCCn2c(CCCNC(=O)c3ccccn3)nc3ccccc32)c1. The average Bonchev–Trinajstić information content (AvgIpc) is 3.19. The number of nitrogens with one attached hydrogen (secondary N) is 1. The van der Waals surface area contributed by atoms with Crippen LogP contribution in [-0.4, -0.2) is 33.6 Å². The quantitative estimate of drug-likeness (QED) is 0.312. The van der Waals surface area contributed by atoms with Crippen LogP contribution >= 0.6 is 0 Å². The first-order chi connectivity index (χ1) is 16.6. The van der Waals surface area contributed by atoms with Crippen molar-refractivity contribution in [3.05, 3.63) is 89.5 Å². The molecule has 0 saturated carbocycles. The fourth-order valence-corrected chi connectivity index (χ4v) is 4.18. The monoisotopic (exact) mass is 456 g/mol. The molecule has 1 amide bonds. The van der Waals surface area contributed by atoms with Gasteiger partial charge in [-0.25, -0.2) is 4.98 Å². The highest BCUT2D eigenvalue weighted by Gasteiger charge is 2.11. The molecule has 0 radical (unpaired) electrons. The number of benzene rings is 2. The van der Waals surface area contributed by atoms with Crippen molar-refractivity contribution in [2.45, 2.75) is 46.1 Å². The molecule has 6 nitrogen and oxygen atoms in total. The van der Waals surface area contributed by atoms with Gasteiger partial charge in [0.15, 0.2) is 0 Å². The summed E-state index contributed by atoms with van der Waals surface area (Å²) >= 11 is 0. The van der Waals surface area contributed by atoms with E-state index >= 15 is 0 Å². The maximum atomic E-state index is 12.2. The molecule has 2 aromatic carbocycles. The summed E-state index contributed by atoms with van der Waals surface area (Å²) < 4.78 is 8.29. The van der Waals surface area contributed by atoms with Crippen molar-refractivity contribution in [1.82, 2.24) is 19.9 Å². The molecule has 0 aliphatic heterocycles. The van der Waals surface area contributed by atoms with Crippen molar-refractivity contribution in [2.75, 3.05) is 13.2 Å². The molecule has 1 N–H and O–H groups in total. The lowest BCUT2D eigenvalue weighted by atomic mass is 10.1. The van der Waals surface area contributed by atoms with Crippen LogP contribution in [0.1, 0.15) is 46.7 Å². The van der Waals surface area contributed by atoms with E-state index in [2.05, 4.69) is 65.1 Å². The second-order valence-corrected chi connectivity index (χ2v) is 8.62. The number of pyridine rings is 1. The zero-order chi connectivity index (χ0) is 23.8. The molecule has 0 spiro atoms. The molecular weight excluding hydrogens is 424 g/mol. The highest BCUT2D eigenvalue weighted by molar-refractivity contribution is 5.92. The molecule has 0 atom stereocenters. The molecule has 0 aliphatic carbocycles. The lowest BCUT2D eigenvalue weighted by Gasteiger charge is -2.11. The van der Waals surface area contributed by atoms with Gasteiger partial charge in [0.25, 0.3) is 5.91 Å². The van der Waals surface area contributed by atoms with Crippen molar-refractivity contribution >= 4 is 16.9 Å². The van der Waals surface area contributed by atoms with Crippen molar-refractivity contribution in [3.8, 4) is 5.75 Å². The Bertz CT molecular complexity index is 1210. The maximum Gasteiger partial charge on any atom is 0.269 e. The standard InChI is InChI=1S/C28H32N4O2/c1-21-18-22(2)20-23(19-21)34-17-8-7-16-32-26-12-4-3-10-24(26)31-27(32)13-9-15-30-28(33)25-11-5-6-14-29-25/h3-6,10-12,14,18-20H,7-9,13,15-17H2,1-2H3,(H,30,33). The number of aryl methyl sites for hydroxylation is 4. The molecule has 2 aromatic heterocycles. The molecule has 6 heteroatoms. The number of ether oxygens (including phenoxy) is 1. The third-order valence-electron chi connectivity index (χ3n) is 5.73. The number of hydrogen-bond donors (Lipinski definition) is 1. The van der Waals surface area contributed by atoms with Gasteiger partial charge < -0.3 is 14.6 Å². The number of unbranched alkanes of at least 4 members (excludes halogenated alkanes) is 1. The van der Waals surface area contributed by atoms with Crippen LogP contribution in [0, 0.1) is 13.8 Å². The van der Waals surface area contributed by atoms with E-state index in [4.69, 9.17) is 9.72 Å². The summed E-state index contributed by atoms with van der Waals surface area (Å²) in [4.78, 5) is 21.2. The van der Waals surface area contributed by atoms with Crippen molar-refractivity contribution in [3.63, 3.8) is 0 Å². The third kappa shape index (κ3) is 6.22. The van der Waals surface area contributed by atoms with E-state index in [-0.39, 0.29) is 5.91 Å². The summed E-state index contributed by atoms with van der Waals surface area (Å²) in [5.41, 5.74) is 5.06. The summed E-state index contributed by atoms with van der Waals surface area (Å²) in [7, 11) is 0. The number of para-hydroxylation sites is 2. The first-order valence-corrected chi connectivity index (χ1v) is 11.9. The lowest BCUT2D eigenvalue weighted by Crippen LogP contribution is -2.25. The van der Waals surface area contributed by atoms with E-state index in [1.807, 2.05) is 12.1 Å². The van der Waals surface area contributed by atoms with Crippen LogP contribution in [0.3, 0.4) is 0 Å². The number of aromatic nitrogens is 3. The third-order valence-corrected chi connectivity index (χ3v) is 5.73. The normalized spacial score (nSPS) is 11.0. The topological polar surface area (TPSA) is 69.0 Å². The number of imidazole rings is 1. The predicted molar refractivity (Wildman–Crippen MR) is 135 cm³/mol. The van der Waals surface area contributed by atoms with Crippen LogP contribution in [0.5, 0.6) is 5.75 Å². The molecule has 0 unspecified atom stereocenters. The van der Waals surface area contributed by atoms with Gasteiger partial charge in [0.2, 0.25) is 0 Å². The smallest absolute Gasteiger partial charge is 0.269 e. The highest BCUT2D eigenvalue weighted by Crippen LogP contribution is 2.19. The molecule has 2 heterocycles. The van der Waals surface area contributed by atoms with Gasteiger partial charge in [-0.05, 0) is 80.6 Å². The Hall–Kier alpha value is -3.67. The Kier molecular flexibility index (Phi) is 7.91. The number of rotatable bonds is 11. The Morgan fingerprint density at radius 3 is 2.56 bits per heavy atom. The molecular formula is C28H32N4O2. The summed E-state index contributed by atoms with van der Waals surface area (Å²) in [6.07, 6.45) is 5.23. The lowest BCUT2D eigenvalue weighted by molar-refractivity contribution is 0.0948. The number of carbonyl (C=O) groups is 1. The summed E-state index contributed by atoms with van der Waals surface area (Å²) in [6.45, 7) is 6.37. The fraction of sp³-hybridized carbons (Fsp3) is 0.321. The molecule has 0 fully saturated rings. The molecule has 0 saturated heterocycles. The van der Waals surface area contributed by atoms with Crippen molar-refractivity contribution in [2.24, 2.45) is 0 Å². The van der Waals surface area contributed by atoms with Crippen LogP contribution < -0.4 is 10.1 Å². The van der Waals surface area contributed by atoms with Gasteiger partial charge >= 0.3 is 0 Å². The Labute approximate surface area is 201 Å². The number of hydrogen-bond acceptors (Lipinski definition) is 4.